The van der Waals surface area contributed by atoms with Crippen molar-refractivity contribution in [3.05, 3.63) is 58.6 Å². The number of aliphatic hydroxyl groups excluding tert-OH is 1. The van der Waals surface area contributed by atoms with E-state index in [1.54, 1.807) is 25.0 Å². The Morgan fingerprint density at radius 2 is 2.00 bits per heavy atom. The summed E-state index contributed by atoms with van der Waals surface area (Å²) in [5, 5.41) is 14.6. The summed E-state index contributed by atoms with van der Waals surface area (Å²) in [6, 6.07) is 8.71. The monoisotopic (exact) mass is 488 g/mol. The second kappa shape index (κ2) is 9.65. The van der Waals surface area contributed by atoms with E-state index in [4.69, 9.17) is 9.26 Å². The number of halogens is 2. The fraction of sp³-hybridized carbons (Fsp3) is 0.421. The van der Waals surface area contributed by atoms with Crippen LogP contribution in [0.2, 0.25) is 0 Å². The molecule has 0 saturated carbocycles. The van der Waals surface area contributed by atoms with Gasteiger partial charge in [0.1, 0.15) is 11.9 Å². The fourth-order valence-electron chi connectivity index (χ4n) is 3.06. The number of ether oxygens (including phenoxy) is 1. The summed E-state index contributed by atoms with van der Waals surface area (Å²) in [6.45, 7) is 2.63. The Kier molecular flexibility index (Phi) is 7.29. The minimum Gasteiger partial charge on any atom is -0.384 e. The summed E-state index contributed by atoms with van der Waals surface area (Å²) >= 11 is 0. The molecular weight excluding hydrogens is 465 g/mol. The van der Waals surface area contributed by atoms with Gasteiger partial charge in [-0.2, -0.15) is 13.8 Å². The molecule has 14 heteroatoms. The number of nitrogens with one attached hydrogen (secondary N) is 2. The normalized spacial score (nSPS) is 23.8. The van der Waals surface area contributed by atoms with Gasteiger partial charge in [-0.05, 0) is 32.0 Å². The molecule has 2 heterocycles. The predicted octanol–water partition coefficient (Wildman–Crippen LogP) is 1.50. The number of hydrogen-bond donors (Lipinski definition) is 4. The van der Waals surface area contributed by atoms with Gasteiger partial charge in [-0.15, -0.1) is 0 Å². The summed E-state index contributed by atoms with van der Waals surface area (Å²) in [4.78, 5) is 37.8. The number of aliphatic hydroxyl groups is 1. The second-order valence-electron chi connectivity index (χ2n) is 7.57. The van der Waals surface area contributed by atoms with Crippen molar-refractivity contribution in [3.8, 4) is 0 Å². The van der Waals surface area contributed by atoms with Crippen LogP contribution >= 0.6 is 7.75 Å². The van der Waals surface area contributed by atoms with Gasteiger partial charge < -0.3 is 20.1 Å². The van der Waals surface area contributed by atoms with Gasteiger partial charge in [0.05, 0.1) is 6.61 Å². The quantitative estimate of drug-likeness (QED) is 0.405. The standard InChI is InChI=1S/C19H23F2N4O7P/c1-11(2)22-14-8-9-25(18(28)23-14)17-19(20,21)15(26)13(32-17)10-31-33(29,30)24-16(27)12-6-4-3-5-7-12/h3-9,11,13,15,17,26H,10H2,1-2H3,(H,22,23,28)(H2,24,27,29,30)/t13-,15-,17?/m1/s1. The topological polar surface area (TPSA) is 152 Å². The van der Waals surface area contributed by atoms with Gasteiger partial charge >= 0.3 is 19.4 Å². The van der Waals surface area contributed by atoms with Gasteiger partial charge in [-0.25, -0.2) is 9.36 Å². The molecule has 3 rings (SSSR count). The maximum atomic E-state index is 14.6. The molecule has 0 radical (unpaired) electrons. The molecule has 1 aromatic heterocycles. The molecular formula is C19H23F2N4O7P. The van der Waals surface area contributed by atoms with Gasteiger partial charge in [0.25, 0.3) is 5.91 Å². The molecule has 1 aliphatic heterocycles. The Balaban J connectivity index is 1.69. The molecule has 1 aliphatic rings. The van der Waals surface area contributed by atoms with Crippen LogP contribution < -0.4 is 16.1 Å². The highest BCUT2D eigenvalue weighted by molar-refractivity contribution is 7.51. The number of hydrogen-bond acceptors (Lipinski definition) is 8. The minimum absolute atomic E-state index is 0.0585. The molecule has 1 amide bonds. The van der Waals surface area contributed by atoms with Crippen molar-refractivity contribution < 1.29 is 37.4 Å². The molecule has 180 valence electrons. The molecule has 33 heavy (non-hydrogen) atoms. The second-order valence-corrected chi connectivity index (χ2v) is 9.09. The average Bonchev–Trinajstić information content (AvgIpc) is 2.96. The van der Waals surface area contributed by atoms with Crippen LogP contribution in [0.4, 0.5) is 14.6 Å². The van der Waals surface area contributed by atoms with Crippen LogP contribution in [0.5, 0.6) is 0 Å². The Morgan fingerprint density at radius 3 is 2.61 bits per heavy atom. The highest BCUT2D eigenvalue weighted by Gasteiger charge is 2.60. The van der Waals surface area contributed by atoms with Gasteiger partial charge in [0.2, 0.25) is 6.23 Å². The van der Waals surface area contributed by atoms with Crippen LogP contribution in [0.1, 0.15) is 30.4 Å². The molecule has 2 aromatic rings. The van der Waals surface area contributed by atoms with Crippen molar-refractivity contribution in [2.75, 3.05) is 11.9 Å². The molecule has 1 saturated heterocycles. The molecule has 1 aromatic carbocycles. The minimum atomic E-state index is -4.78. The Labute approximate surface area is 187 Å². The molecule has 4 atom stereocenters. The average molecular weight is 488 g/mol. The van der Waals surface area contributed by atoms with Gasteiger partial charge in [0, 0.05) is 17.8 Å². The number of carbonyl (C=O) groups excluding carboxylic acids is 1. The lowest BCUT2D eigenvalue weighted by Crippen LogP contribution is -2.42. The van der Waals surface area contributed by atoms with Gasteiger partial charge in [-0.1, -0.05) is 18.2 Å². The molecule has 1 fully saturated rings. The first-order valence-corrected chi connectivity index (χ1v) is 11.4. The fourth-order valence-corrected chi connectivity index (χ4v) is 3.86. The highest BCUT2D eigenvalue weighted by atomic mass is 31.2. The third-order valence-electron chi connectivity index (χ3n) is 4.59. The molecule has 0 spiro atoms. The maximum Gasteiger partial charge on any atom is 0.432 e. The summed E-state index contributed by atoms with van der Waals surface area (Å²) in [7, 11) is -4.78. The SMILES string of the molecule is CC(C)Nc1ccn(C2O[C@H](COP(=O)(O)NC(=O)c3ccccc3)[C@@H](O)C2(F)F)c(=O)n1. The molecule has 11 nitrogen and oxygen atoms in total. The Bertz CT molecular complexity index is 1100. The lowest BCUT2D eigenvalue weighted by Gasteiger charge is -2.21. The zero-order valence-corrected chi connectivity index (χ0v) is 18.5. The number of aromatic nitrogens is 2. The van der Waals surface area contributed by atoms with Crippen LogP contribution in [-0.2, 0) is 13.8 Å². The number of amides is 1. The van der Waals surface area contributed by atoms with Crippen molar-refractivity contribution >= 4 is 19.5 Å². The summed E-state index contributed by atoms with van der Waals surface area (Å²) < 4.78 is 51.7. The first kappa shape index (κ1) is 24.9. The maximum absolute atomic E-state index is 14.6. The van der Waals surface area contributed by atoms with E-state index < -0.39 is 50.3 Å². The van der Waals surface area contributed by atoms with E-state index >= 15 is 0 Å². The van der Waals surface area contributed by atoms with Crippen molar-refractivity contribution in [2.24, 2.45) is 0 Å². The third kappa shape index (κ3) is 5.81. The Hall–Kier alpha value is -2.70. The zero-order chi connectivity index (χ0) is 24.4. The van der Waals surface area contributed by atoms with Crippen LogP contribution in [0.15, 0.2) is 47.4 Å². The van der Waals surface area contributed by atoms with Crippen LogP contribution in [0.3, 0.4) is 0 Å². The lowest BCUT2D eigenvalue weighted by atomic mass is 10.1. The third-order valence-corrected chi connectivity index (χ3v) is 5.58. The van der Waals surface area contributed by atoms with Crippen LogP contribution in [-0.4, -0.2) is 56.2 Å². The first-order chi connectivity index (χ1) is 15.4. The summed E-state index contributed by atoms with van der Waals surface area (Å²) in [5.41, 5.74) is -0.983. The number of carbonyl (C=O) groups is 1. The highest BCUT2D eigenvalue weighted by Crippen LogP contribution is 2.44. The zero-order valence-electron chi connectivity index (χ0n) is 17.6. The molecule has 0 bridgehead atoms. The van der Waals surface area contributed by atoms with Crippen molar-refractivity contribution in [2.45, 2.75) is 44.2 Å². The van der Waals surface area contributed by atoms with E-state index in [1.165, 1.54) is 30.3 Å². The van der Waals surface area contributed by atoms with Crippen molar-refractivity contribution in [3.63, 3.8) is 0 Å². The number of nitrogens with zero attached hydrogens (tertiary/aromatic N) is 2. The van der Waals surface area contributed by atoms with E-state index in [2.05, 4.69) is 10.3 Å². The number of rotatable bonds is 8. The number of anilines is 1. The predicted molar refractivity (Wildman–Crippen MR) is 112 cm³/mol. The van der Waals surface area contributed by atoms with Crippen LogP contribution in [0.25, 0.3) is 0 Å². The smallest absolute Gasteiger partial charge is 0.384 e. The van der Waals surface area contributed by atoms with Gasteiger partial charge in [-0.3, -0.25) is 19.0 Å². The lowest BCUT2D eigenvalue weighted by molar-refractivity contribution is -0.140. The molecule has 2 unspecified atom stereocenters. The first-order valence-electron chi connectivity index (χ1n) is 9.83. The van der Waals surface area contributed by atoms with Crippen molar-refractivity contribution in [1.29, 1.82) is 0 Å². The largest absolute Gasteiger partial charge is 0.432 e. The van der Waals surface area contributed by atoms with E-state index in [-0.39, 0.29) is 17.4 Å². The molecule has 0 aliphatic carbocycles. The summed E-state index contributed by atoms with van der Waals surface area (Å²) in [6.07, 6.45) is -5.44. The van der Waals surface area contributed by atoms with E-state index in [9.17, 15) is 32.9 Å². The van der Waals surface area contributed by atoms with Crippen LogP contribution in [0, 0.1) is 0 Å². The molecule has 4 N–H and O–H groups in total. The van der Waals surface area contributed by atoms with E-state index in [0.29, 0.717) is 4.57 Å². The Morgan fingerprint density at radius 1 is 1.33 bits per heavy atom. The number of alkyl halides is 2. The van der Waals surface area contributed by atoms with Gasteiger partial charge in [0.15, 0.2) is 6.10 Å². The summed E-state index contributed by atoms with van der Waals surface area (Å²) in [5.74, 6) is -4.70. The van der Waals surface area contributed by atoms with Crippen molar-refractivity contribution in [1.82, 2.24) is 14.6 Å². The van der Waals surface area contributed by atoms with E-state index in [1.807, 2.05) is 0 Å². The number of benzene rings is 1. The van der Waals surface area contributed by atoms with E-state index in [0.717, 1.165) is 6.20 Å².